The van der Waals surface area contributed by atoms with Crippen molar-refractivity contribution in [2.24, 2.45) is 0 Å². The van der Waals surface area contributed by atoms with E-state index in [1.54, 1.807) is 6.66 Å². The summed E-state index contributed by atoms with van der Waals surface area (Å²) in [6.07, 6.45) is 0.677. The summed E-state index contributed by atoms with van der Waals surface area (Å²) in [6.45, 7) is 1.55. The molecule has 0 saturated carbocycles. The van der Waals surface area contributed by atoms with Gasteiger partial charge in [0.15, 0.2) is 0 Å². The average Bonchev–Trinajstić information content (AvgIpc) is 1.98. The molecule has 3 nitrogen and oxygen atoms in total. The molecule has 0 aromatic carbocycles. The Morgan fingerprint density at radius 2 is 1.38 bits per heavy atom. The highest BCUT2D eigenvalue weighted by Gasteiger charge is 2.17. The Labute approximate surface area is 87.1 Å². The number of carbonyl (C=O) groups excluding carboxylic acids is 2. The minimum Gasteiger partial charge on any atom is -0.324 e. The molecule has 0 saturated heterocycles. The van der Waals surface area contributed by atoms with Crippen LogP contribution in [-0.2, 0) is 14.2 Å². The molecule has 0 aromatic heterocycles. The standard InChI is InChI=1S/C7H11Cl2O3P/c1-13(12,4-2-6(8)10)5-3-7(9)11/h2-5H2,1H3. The first-order valence-corrected chi connectivity index (χ1v) is 7.04. The fraction of sp³-hybridized carbons (Fsp3) is 0.714. The summed E-state index contributed by atoms with van der Waals surface area (Å²) in [4.78, 5) is 20.8. The minimum absolute atomic E-state index is 0.0891. The molecule has 0 spiro atoms. The van der Waals surface area contributed by atoms with Crippen LogP contribution in [0.2, 0.25) is 0 Å². The zero-order valence-electron chi connectivity index (χ0n) is 7.26. The highest BCUT2D eigenvalue weighted by molar-refractivity contribution is 7.63. The predicted octanol–water partition coefficient (Wildman–Crippen LogP) is 2.29. The highest BCUT2D eigenvalue weighted by Crippen LogP contribution is 2.42. The summed E-state index contributed by atoms with van der Waals surface area (Å²) in [5.41, 5.74) is 0. The fourth-order valence-corrected chi connectivity index (χ4v) is 2.79. The number of carbonyl (C=O) groups is 2. The van der Waals surface area contributed by atoms with Gasteiger partial charge in [-0.25, -0.2) is 0 Å². The summed E-state index contributed by atoms with van der Waals surface area (Å²) in [7, 11) is -2.41. The second kappa shape index (κ2) is 5.79. The van der Waals surface area contributed by atoms with Crippen LogP contribution >= 0.6 is 30.3 Å². The maximum Gasteiger partial charge on any atom is 0.222 e. The van der Waals surface area contributed by atoms with E-state index in [9.17, 15) is 14.2 Å². The molecular weight excluding hydrogens is 234 g/mol. The first-order valence-electron chi connectivity index (χ1n) is 3.76. The molecule has 0 aliphatic heterocycles. The quantitative estimate of drug-likeness (QED) is 0.532. The first kappa shape index (κ1) is 13.2. The molecular formula is C7H11Cl2O3P. The van der Waals surface area contributed by atoms with Gasteiger partial charge in [0.05, 0.1) is 7.14 Å². The van der Waals surface area contributed by atoms with Gasteiger partial charge in [-0.1, -0.05) is 0 Å². The van der Waals surface area contributed by atoms with Crippen molar-refractivity contribution < 1.29 is 14.2 Å². The van der Waals surface area contributed by atoms with E-state index >= 15 is 0 Å². The van der Waals surface area contributed by atoms with E-state index < -0.39 is 17.6 Å². The molecule has 0 fully saturated rings. The molecule has 0 atom stereocenters. The predicted molar refractivity (Wildman–Crippen MR) is 54.2 cm³/mol. The number of rotatable bonds is 6. The fourth-order valence-electron chi connectivity index (χ4n) is 0.761. The summed E-state index contributed by atoms with van der Waals surface area (Å²) >= 11 is 10.2. The van der Waals surface area contributed by atoms with E-state index in [4.69, 9.17) is 23.2 Å². The number of hydrogen-bond donors (Lipinski definition) is 0. The first-order chi connectivity index (χ1) is 5.83. The summed E-state index contributed by atoms with van der Waals surface area (Å²) in [5, 5.41) is -1.00. The van der Waals surface area contributed by atoms with Crippen molar-refractivity contribution in [2.75, 3.05) is 19.0 Å². The van der Waals surface area contributed by atoms with Gasteiger partial charge in [0.1, 0.15) is 0 Å². The van der Waals surface area contributed by atoms with E-state index in [0.29, 0.717) is 0 Å². The molecule has 0 unspecified atom stereocenters. The molecule has 6 heteroatoms. The Bertz CT molecular complexity index is 230. The molecule has 0 N–H and O–H groups in total. The lowest BCUT2D eigenvalue weighted by atomic mass is 10.5. The van der Waals surface area contributed by atoms with Crippen LogP contribution in [0, 0.1) is 0 Å². The molecule has 0 heterocycles. The SMILES string of the molecule is CP(=O)(CCC(=O)Cl)CCC(=O)Cl. The van der Waals surface area contributed by atoms with Crippen molar-refractivity contribution in [2.45, 2.75) is 12.8 Å². The normalized spacial score (nSPS) is 11.3. The molecule has 0 amide bonds. The van der Waals surface area contributed by atoms with Crippen LogP contribution in [0.5, 0.6) is 0 Å². The van der Waals surface area contributed by atoms with E-state index in [-0.39, 0.29) is 25.2 Å². The molecule has 13 heavy (non-hydrogen) atoms. The lowest BCUT2D eigenvalue weighted by Crippen LogP contribution is -2.00. The molecule has 76 valence electrons. The van der Waals surface area contributed by atoms with Crippen LogP contribution < -0.4 is 0 Å². The lowest BCUT2D eigenvalue weighted by molar-refractivity contribution is -0.112. The van der Waals surface area contributed by atoms with Gasteiger partial charge < -0.3 is 4.57 Å². The summed E-state index contributed by atoms with van der Waals surface area (Å²) in [5.74, 6) is 0. The van der Waals surface area contributed by atoms with Crippen molar-refractivity contribution in [3.63, 3.8) is 0 Å². The Balaban J connectivity index is 3.87. The van der Waals surface area contributed by atoms with Crippen LogP contribution in [0.15, 0.2) is 0 Å². The van der Waals surface area contributed by atoms with Crippen molar-refractivity contribution in [3.05, 3.63) is 0 Å². The van der Waals surface area contributed by atoms with Gasteiger partial charge in [0.25, 0.3) is 0 Å². The van der Waals surface area contributed by atoms with Gasteiger partial charge in [-0.2, -0.15) is 0 Å². The maximum atomic E-state index is 11.6. The van der Waals surface area contributed by atoms with E-state index in [1.807, 2.05) is 0 Å². The molecule has 0 rings (SSSR count). The lowest BCUT2D eigenvalue weighted by Gasteiger charge is -2.09. The molecule has 0 aromatic rings. The van der Waals surface area contributed by atoms with E-state index in [2.05, 4.69) is 0 Å². The second-order valence-corrected chi connectivity index (χ2v) is 7.29. The van der Waals surface area contributed by atoms with Crippen LogP contribution in [0.3, 0.4) is 0 Å². The van der Waals surface area contributed by atoms with Gasteiger partial charge in [-0.3, -0.25) is 9.59 Å². The molecule has 0 aliphatic rings. The Hall–Kier alpha value is 0.150. The van der Waals surface area contributed by atoms with E-state index in [0.717, 1.165) is 0 Å². The monoisotopic (exact) mass is 244 g/mol. The van der Waals surface area contributed by atoms with Gasteiger partial charge in [0.2, 0.25) is 10.5 Å². The Morgan fingerprint density at radius 1 is 1.08 bits per heavy atom. The van der Waals surface area contributed by atoms with Gasteiger partial charge in [-0.05, 0) is 29.9 Å². The third-order valence-electron chi connectivity index (χ3n) is 1.56. The van der Waals surface area contributed by atoms with Gasteiger partial charge >= 0.3 is 0 Å². The number of hydrogen-bond acceptors (Lipinski definition) is 3. The van der Waals surface area contributed by atoms with Gasteiger partial charge in [0, 0.05) is 25.2 Å². The second-order valence-electron chi connectivity index (χ2n) is 2.95. The summed E-state index contributed by atoms with van der Waals surface area (Å²) < 4.78 is 11.6. The average molecular weight is 245 g/mol. The Kier molecular flexibility index (Phi) is 5.86. The summed E-state index contributed by atoms with van der Waals surface area (Å²) in [6, 6.07) is 0. The molecule has 0 radical (unpaired) electrons. The highest BCUT2D eigenvalue weighted by atomic mass is 35.5. The Morgan fingerprint density at radius 3 is 1.62 bits per heavy atom. The smallest absolute Gasteiger partial charge is 0.222 e. The topological polar surface area (TPSA) is 51.2 Å². The van der Waals surface area contributed by atoms with Crippen LogP contribution in [0.25, 0.3) is 0 Å². The van der Waals surface area contributed by atoms with Crippen molar-refractivity contribution in [3.8, 4) is 0 Å². The molecule has 0 bridgehead atoms. The zero-order valence-corrected chi connectivity index (χ0v) is 9.66. The van der Waals surface area contributed by atoms with Crippen LogP contribution in [0.1, 0.15) is 12.8 Å². The van der Waals surface area contributed by atoms with Crippen molar-refractivity contribution >= 4 is 40.8 Å². The van der Waals surface area contributed by atoms with Crippen molar-refractivity contribution in [1.82, 2.24) is 0 Å². The largest absolute Gasteiger partial charge is 0.324 e. The van der Waals surface area contributed by atoms with Crippen LogP contribution in [-0.4, -0.2) is 29.5 Å². The minimum atomic E-state index is -2.41. The van der Waals surface area contributed by atoms with Crippen molar-refractivity contribution in [1.29, 1.82) is 0 Å². The molecule has 0 aliphatic carbocycles. The van der Waals surface area contributed by atoms with Crippen LogP contribution in [0.4, 0.5) is 0 Å². The van der Waals surface area contributed by atoms with E-state index in [1.165, 1.54) is 0 Å². The van der Waals surface area contributed by atoms with Gasteiger partial charge in [-0.15, -0.1) is 0 Å². The number of halogens is 2. The zero-order chi connectivity index (χ0) is 10.5. The maximum absolute atomic E-state index is 11.6. The third kappa shape index (κ3) is 8.48. The third-order valence-corrected chi connectivity index (χ3v) is 4.28.